The lowest BCUT2D eigenvalue weighted by Gasteiger charge is -2.13. The minimum absolute atomic E-state index is 0.143. The first kappa shape index (κ1) is 13.5. The molecule has 1 atom stereocenters. The van der Waals surface area contributed by atoms with Gasteiger partial charge in [0.2, 0.25) is 0 Å². The molecule has 0 spiro atoms. The van der Waals surface area contributed by atoms with Gasteiger partial charge in [0.1, 0.15) is 6.61 Å². The van der Waals surface area contributed by atoms with Gasteiger partial charge in [-0.15, -0.1) is 0 Å². The van der Waals surface area contributed by atoms with Crippen molar-refractivity contribution in [3.8, 4) is 0 Å². The molecule has 0 heterocycles. The van der Waals surface area contributed by atoms with Crippen molar-refractivity contribution in [2.45, 2.75) is 12.7 Å². The molecule has 1 aromatic carbocycles. The molecule has 1 unspecified atom stereocenters. The van der Waals surface area contributed by atoms with Crippen molar-refractivity contribution in [3.05, 3.63) is 35.9 Å². The number of amides is 1. The Labute approximate surface area is 100 Å². The first-order valence-electron chi connectivity index (χ1n) is 5.34. The van der Waals surface area contributed by atoms with Crippen LogP contribution in [0.1, 0.15) is 5.56 Å². The first-order valence-corrected chi connectivity index (χ1v) is 5.34. The van der Waals surface area contributed by atoms with E-state index >= 15 is 0 Å². The summed E-state index contributed by atoms with van der Waals surface area (Å²) in [5, 5.41) is 11.3. The zero-order chi connectivity index (χ0) is 12.5. The highest BCUT2D eigenvalue weighted by Crippen LogP contribution is 2.00. The van der Waals surface area contributed by atoms with Crippen LogP contribution in [0.15, 0.2) is 30.3 Å². The summed E-state index contributed by atoms with van der Waals surface area (Å²) in [7, 11) is 1.47. The number of aliphatic hydroxyl groups excluding tert-OH is 1. The molecule has 0 aromatic heterocycles. The molecule has 17 heavy (non-hydrogen) atoms. The van der Waals surface area contributed by atoms with E-state index < -0.39 is 12.2 Å². The molecule has 1 aromatic rings. The maximum atomic E-state index is 11.3. The number of alkyl carbamates (subject to hydrolysis) is 1. The van der Waals surface area contributed by atoms with Crippen molar-refractivity contribution < 1.29 is 19.4 Å². The van der Waals surface area contributed by atoms with Gasteiger partial charge in [0.05, 0.1) is 12.7 Å². The zero-order valence-corrected chi connectivity index (χ0v) is 9.76. The van der Waals surface area contributed by atoms with Crippen LogP contribution in [0.4, 0.5) is 4.79 Å². The molecule has 0 aliphatic heterocycles. The average molecular weight is 239 g/mol. The molecule has 94 valence electrons. The number of carbonyl (C=O) groups is 1. The number of methoxy groups -OCH3 is 1. The molecule has 0 aliphatic carbocycles. The monoisotopic (exact) mass is 239 g/mol. The third-order valence-corrected chi connectivity index (χ3v) is 2.22. The van der Waals surface area contributed by atoms with Gasteiger partial charge in [0.25, 0.3) is 0 Å². The van der Waals surface area contributed by atoms with Crippen LogP contribution < -0.4 is 5.32 Å². The lowest BCUT2D eigenvalue weighted by atomic mass is 10.2. The second-order valence-electron chi connectivity index (χ2n) is 3.48. The maximum Gasteiger partial charge on any atom is 0.407 e. The van der Waals surface area contributed by atoms with Gasteiger partial charge >= 0.3 is 6.09 Å². The normalized spacial score (nSPS) is 11.9. The fraction of sp³-hybridized carbons (Fsp3) is 0.417. The van der Waals surface area contributed by atoms with E-state index in [0.717, 1.165) is 5.56 Å². The van der Waals surface area contributed by atoms with Crippen molar-refractivity contribution in [2.75, 3.05) is 20.3 Å². The largest absolute Gasteiger partial charge is 0.445 e. The number of nitrogens with one attached hydrogen (secondary N) is 1. The van der Waals surface area contributed by atoms with Crippen molar-refractivity contribution >= 4 is 6.09 Å². The topological polar surface area (TPSA) is 67.8 Å². The number of benzene rings is 1. The minimum Gasteiger partial charge on any atom is -0.445 e. The zero-order valence-electron chi connectivity index (χ0n) is 9.76. The Morgan fingerprint density at radius 1 is 1.41 bits per heavy atom. The average Bonchev–Trinajstić information content (AvgIpc) is 2.39. The second kappa shape index (κ2) is 7.65. The highest BCUT2D eigenvalue weighted by atomic mass is 16.5. The van der Waals surface area contributed by atoms with Crippen molar-refractivity contribution in [1.82, 2.24) is 5.32 Å². The van der Waals surface area contributed by atoms with Gasteiger partial charge < -0.3 is 19.9 Å². The Balaban J connectivity index is 2.22. The van der Waals surface area contributed by atoms with Gasteiger partial charge in [0, 0.05) is 13.7 Å². The number of hydrogen-bond donors (Lipinski definition) is 2. The molecular weight excluding hydrogens is 222 g/mol. The molecule has 0 saturated carbocycles. The van der Waals surface area contributed by atoms with E-state index in [4.69, 9.17) is 14.6 Å². The van der Waals surface area contributed by atoms with Gasteiger partial charge in [-0.05, 0) is 5.56 Å². The second-order valence-corrected chi connectivity index (χ2v) is 3.48. The van der Waals surface area contributed by atoms with E-state index in [0.29, 0.717) is 0 Å². The van der Waals surface area contributed by atoms with Gasteiger partial charge in [-0.3, -0.25) is 0 Å². The van der Waals surface area contributed by atoms with Crippen LogP contribution in [0.3, 0.4) is 0 Å². The Hall–Kier alpha value is -1.59. The Morgan fingerprint density at radius 3 is 2.71 bits per heavy atom. The van der Waals surface area contributed by atoms with Crippen LogP contribution >= 0.6 is 0 Å². The third kappa shape index (κ3) is 5.33. The first-order chi connectivity index (χ1) is 8.26. The van der Waals surface area contributed by atoms with E-state index in [1.807, 2.05) is 30.3 Å². The third-order valence-electron chi connectivity index (χ3n) is 2.22. The van der Waals surface area contributed by atoms with Crippen LogP contribution in [0.5, 0.6) is 0 Å². The summed E-state index contributed by atoms with van der Waals surface area (Å²) in [6.45, 7) is 0.305. The molecule has 2 N–H and O–H groups in total. The Kier molecular flexibility index (Phi) is 6.06. The molecule has 0 aliphatic rings. The molecule has 0 radical (unpaired) electrons. The summed E-state index contributed by atoms with van der Waals surface area (Å²) in [5.41, 5.74) is 0.924. The quantitative estimate of drug-likeness (QED) is 0.774. The van der Waals surface area contributed by atoms with E-state index in [1.54, 1.807) is 0 Å². The highest BCUT2D eigenvalue weighted by Gasteiger charge is 2.08. The van der Waals surface area contributed by atoms with Crippen molar-refractivity contribution in [2.24, 2.45) is 0 Å². The summed E-state index contributed by atoms with van der Waals surface area (Å²) >= 11 is 0. The van der Waals surface area contributed by atoms with Gasteiger partial charge in [0.15, 0.2) is 0 Å². The van der Waals surface area contributed by atoms with Crippen LogP contribution in [-0.2, 0) is 16.1 Å². The molecule has 1 rings (SSSR count). The smallest absolute Gasteiger partial charge is 0.407 e. The standard InChI is InChI=1S/C12H17NO4/c1-16-11(8-14)7-13-12(15)17-9-10-5-3-2-4-6-10/h2-6,11,14H,7-9H2,1H3,(H,13,15). The minimum atomic E-state index is -0.524. The number of aliphatic hydroxyl groups is 1. The van der Waals surface area contributed by atoms with Crippen LogP contribution in [-0.4, -0.2) is 37.6 Å². The van der Waals surface area contributed by atoms with E-state index in [2.05, 4.69) is 5.32 Å². The van der Waals surface area contributed by atoms with Crippen LogP contribution in [0.25, 0.3) is 0 Å². The van der Waals surface area contributed by atoms with E-state index in [9.17, 15) is 4.79 Å². The number of ether oxygens (including phenoxy) is 2. The van der Waals surface area contributed by atoms with Crippen LogP contribution in [0, 0.1) is 0 Å². The molecule has 0 fully saturated rings. The summed E-state index contributed by atoms with van der Waals surface area (Å²) in [6, 6.07) is 9.40. The molecule has 0 bridgehead atoms. The summed E-state index contributed by atoms with van der Waals surface area (Å²) in [4.78, 5) is 11.3. The van der Waals surface area contributed by atoms with Crippen molar-refractivity contribution in [3.63, 3.8) is 0 Å². The highest BCUT2D eigenvalue weighted by molar-refractivity contribution is 5.67. The van der Waals surface area contributed by atoms with Crippen LogP contribution in [0.2, 0.25) is 0 Å². The maximum absolute atomic E-state index is 11.3. The van der Waals surface area contributed by atoms with Gasteiger partial charge in [-0.2, -0.15) is 0 Å². The summed E-state index contributed by atoms with van der Waals surface area (Å²) in [5.74, 6) is 0. The van der Waals surface area contributed by atoms with Gasteiger partial charge in [-0.25, -0.2) is 4.79 Å². The number of rotatable bonds is 6. The lowest BCUT2D eigenvalue weighted by molar-refractivity contribution is 0.0472. The Morgan fingerprint density at radius 2 is 2.12 bits per heavy atom. The predicted molar refractivity (Wildman–Crippen MR) is 62.5 cm³/mol. The Bertz CT molecular complexity index is 325. The predicted octanol–water partition coefficient (Wildman–Crippen LogP) is 0.920. The SMILES string of the molecule is COC(CO)CNC(=O)OCc1ccccc1. The number of hydrogen-bond acceptors (Lipinski definition) is 4. The number of carbonyl (C=O) groups excluding carboxylic acids is 1. The van der Waals surface area contributed by atoms with E-state index in [-0.39, 0.29) is 19.8 Å². The lowest BCUT2D eigenvalue weighted by Crippen LogP contribution is -2.35. The fourth-order valence-corrected chi connectivity index (χ4v) is 1.19. The molecule has 1 amide bonds. The van der Waals surface area contributed by atoms with Gasteiger partial charge in [-0.1, -0.05) is 30.3 Å². The summed E-state index contributed by atoms with van der Waals surface area (Å²) < 4.78 is 9.87. The summed E-state index contributed by atoms with van der Waals surface area (Å²) in [6.07, 6.45) is -0.927. The molecule has 5 nitrogen and oxygen atoms in total. The molecule has 5 heteroatoms. The van der Waals surface area contributed by atoms with Crippen molar-refractivity contribution in [1.29, 1.82) is 0 Å². The molecular formula is C12H17NO4. The fourth-order valence-electron chi connectivity index (χ4n) is 1.19. The van der Waals surface area contributed by atoms with E-state index in [1.165, 1.54) is 7.11 Å². The molecule has 0 saturated heterocycles.